The molecule has 0 fully saturated rings. The van der Waals surface area contributed by atoms with E-state index in [1.54, 1.807) is 12.1 Å². The van der Waals surface area contributed by atoms with Gasteiger partial charge >= 0.3 is 0 Å². The summed E-state index contributed by atoms with van der Waals surface area (Å²) in [6, 6.07) is 15.3. The summed E-state index contributed by atoms with van der Waals surface area (Å²) >= 11 is 0. The van der Waals surface area contributed by atoms with Gasteiger partial charge in [-0.1, -0.05) is 44.2 Å². The monoisotopic (exact) mass is 284 g/mol. The van der Waals surface area contributed by atoms with E-state index >= 15 is 0 Å². The Labute approximate surface area is 125 Å². The highest BCUT2D eigenvalue weighted by molar-refractivity contribution is 5.54. The summed E-state index contributed by atoms with van der Waals surface area (Å²) in [5, 5.41) is 14.2. The van der Waals surface area contributed by atoms with E-state index < -0.39 is 0 Å². The molecule has 0 saturated carbocycles. The van der Waals surface area contributed by atoms with Crippen molar-refractivity contribution in [1.29, 1.82) is 0 Å². The van der Waals surface area contributed by atoms with Gasteiger partial charge in [-0.3, -0.25) is 10.1 Å². The van der Waals surface area contributed by atoms with Crippen molar-refractivity contribution >= 4 is 11.4 Å². The van der Waals surface area contributed by atoms with Crippen LogP contribution in [0, 0.1) is 17.0 Å². The van der Waals surface area contributed by atoms with Gasteiger partial charge in [0.15, 0.2) is 0 Å². The Morgan fingerprint density at radius 3 is 2.43 bits per heavy atom. The fourth-order valence-corrected chi connectivity index (χ4v) is 2.28. The SMILES string of the molecule is Cc1cc(NCC(C)(C)c2ccccc2)cc([N+](=O)[O-])c1. The van der Waals surface area contributed by atoms with E-state index in [0.29, 0.717) is 6.54 Å². The first-order chi connectivity index (χ1) is 9.88. The number of hydrogen-bond donors (Lipinski definition) is 1. The molecule has 2 aromatic carbocycles. The Bertz CT molecular complexity index is 636. The van der Waals surface area contributed by atoms with Crippen LogP contribution in [0.3, 0.4) is 0 Å². The molecule has 0 aromatic heterocycles. The molecule has 2 rings (SSSR count). The van der Waals surface area contributed by atoms with Gasteiger partial charge in [0.05, 0.1) is 4.92 Å². The smallest absolute Gasteiger partial charge is 0.271 e. The van der Waals surface area contributed by atoms with Gasteiger partial charge in [-0.25, -0.2) is 0 Å². The third-order valence-electron chi connectivity index (χ3n) is 3.56. The predicted octanol–water partition coefficient (Wildman–Crippen LogP) is 4.29. The molecule has 4 heteroatoms. The summed E-state index contributed by atoms with van der Waals surface area (Å²) in [6.07, 6.45) is 0. The lowest BCUT2D eigenvalue weighted by Crippen LogP contribution is -2.27. The summed E-state index contributed by atoms with van der Waals surface area (Å²) in [6.45, 7) is 6.87. The summed E-state index contributed by atoms with van der Waals surface area (Å²) in [7, 11) is 0. The van der Waals surface area contributed by atoms with Crippen molar-refractivity contribution in [1.82, 2.24) is 0 Å². The van der Waals surface area contributed by atoms with E-state index in [0.717, 1.165) is 11.3 Å². The van der Waals surface area contributed by atoms with Gasteiger partial charge in [0.1, 0.15) is 0 Å². The molecule has 0 saturated heterocycles. The lowest BCUT2D eigenvalue weighted by Gasteiger charge is -2.26. The van der Waals surface area contributed by atoms with Gasteiger partial charge in [-0.05, 0) is 24.1 Å². The van der Waals surface area contributed by atoms with Crippen LogP contribution < -0.4 is 5.32 Å². The predicted molar refractivity (Wildman–Crippen MR) is 85.8 cm³/mol. The molecule has 0 amide bonds. The molecule has 0 bridgehead atoms. The highest BCUT2D eigenvalue weighted by Gasteiger charge is 2.20. The molecule has 0 atom stereocenters. The zero-order valence-corrected chi connectivity index (χ0v) is 12.6. The number of aryl methyl sites for hydroxylation is 1. The Morgan fingerprint density at radius 1 is 1.14 bits per heavy atom. The van der Waals surface area contributed by atoms with Gasteiger partial charge in [-0.2, -0.15) is 0 Å². The van der Waals surface area contributed by atoms with Crippen molar-refractivity contribution in [2.75, 3.05) is 11.9 Å². The lowest BCUT2D eigenvalue weighted by atomic mass is 9.84. The van der Waals surface area contributed by atoms with E-state index in [2.05, 4.69) is 31.3 Å². The third-order valence-corrected chi connectivity index (χ3v) is 3.56. The van der Waals surface area contributed by atoms with Crippen LogP contribution in [0.15, 0.2) is 48.5 Å². The number of nitro benzene ring substituents is 1. The fraction of sp³-hybridized carbons (Fsp3) is 0.294. The quantitative estimate of drug-likeness (QED) is 0.658. The van der Waals surface area contributed by atoms with E-state index in [9.17, 15) is 10.1 Å². The number of nitrogens with zero attached hydrogens (tertiary/aromatic N) is 1. The molecule has 0 aliphatic carbocycles. The number of anilines is 1. The minimum Gasteiger partial charge on any atom is -0.384 e. The van der Waals surface area contributed by atoms with Crippen molar-refractivity contribution in [3.05, 3.63) is 69.8 Å². The maximum Gasteiger partial charge on any atom is 0.271 e. The van der Waals surface area contributed by atoms with Crippen molar-refractivity contribution in [2.45, 2.75) is 26.2 Å². The molecule has 0 radical (unpaired) electrons. The molecule has 0 unspecified atom stereocenters. The standard InChI is InChI=1S/C17H20N2O2/c1-13-9-15(11-16(10-13)19(20)21)18-12-17(2,3)14-7-5-4-6-8-14/h4-11,18H,12H2,1-3H3. The van der Waals surface area contributed by atoms with Gasteiger partial charge < -0.3 is 5.32 Å². The summed E-state index contributed by atoms with van der Waals surface area (Å²) in [5.41, 5.74) is 2.96. The molecular weight excluding hydrogens is 264 g/mol. The molecule has 0 heterocycles. The first kappa shape index (κ1) is 15.0. The van der Waals surface area contributed by atoms with Crippen LogP contribution in [-0.2, 0) is 5.41 Å². The van der Waals surface area contributed by atoms with Gasteiger partial charge in [0.25, 0.3) is 5.69 Å². The summed E-state index contributed by atoms with van der Waals surface area (Å²) in [5.74, 6) is 0. The second-order valence-electron chi connectivity index (χ2n) is 5.92. The zero-order chi connectivity index (χ0) is 15.5. The average Bonchev–Trinajstić information content (AvgIpc) is 2.45. The molecule has 0 aliphatic heterocycles. The fourth-order valence-electron chi connectivity index (χ4n) is 2.28. The van der Waals surface area contributed by atoms with Crippen LogP contribution in [0.1, 0.15) is 25.0 Å². The molecule has 0 aliphatic rings. The number of nitro groups is 1. The number of benzene rings is 2. The van der Waals surface area contributed by atoms with Crippen LogP contribution in [-0.4, -0.2) is 11.5 Å². The Balaban J connectivity index is 2.14. The van der Waals surface area contributed by atoms with Gasteiger partial charge in [-0.15, -0.1) is 0 Å². The van der Waals surface area contributed by atoms with Crippen LogP contribution >= 0.6 is 0 Å². The molecule has 0 spiro atoms. The molecular formula is C17H20N2O2. The van der Waals surface area contributed by atoms with E-state index in [4.69, 9.17) is 0 Å². The summed E-state index contributed by atoms with van der Waals surface area (Å²) in [4.78, 5) is 10.5. The highest BCUT2D eigenvalue weighted by Crippen LogP contribution is 2.25. The summed E-state index contributed by atoms with van der Waals surface area (Å²) < 4.78 is 0. The van der Waals surface area contributed by atoms with Crippen LogP contribution in [0.4, 0.5) is 11.4 Å². The minimum absolute atomic E-state index is 0.0558. The van der Waals surface area contributed by atoms with E-state index in [-0.39, 0.29) is 16.0 Å². The average molecular weight is 284 g/mol. The zero-order valence-electron chi connectivity index (χ0n) is 12.6. The van der Waals surface area contributed by atoms with Crippen molar-refractivity contribution in [3.8, 4) is 0 Å². The second-order valence-corrected chi connectivity index (χ2v) is 5.92. The molecule has 2 aromatic rings. The minimum atomic E-state index is -0.361. The van der Waals surface area contributed by atoms with Gasteiger partial charge in [0.2, 0.25) is 0 Å². The first-order valence-electron chi connectivity index (χ1n) is 6.94. The Kier molecular flexibility index (Phi) is 4.26. The normalized spacial score (nSPS) is 11.2. The van der Waals surface area contributed by atoms with E-state index in [1.165, 1.54) is 5.56 Å². The van der Waals surface area contributed by atoms with Crippen molar-refractivity contribution in [3.63, 3.8) is 0 Å². The van der Waals surface area contributed by atoms with Crippen molar-refractivity contribution in [2.24, 2.45) is 0 Å². The second kappa shape index (κ2) is 5.95. The number of non-ortho nitro benzene ring substituents is 1. The number of nitrogens with one attached hydrogen (secondary N) is 1. The topological polar surface area (TPSA) is 55.2 Å². The van der Waals surface area contributed by atoms with Crippen LogP contribution in [0.2, 0.25) is 0 Å². The third kappa shape index (κ3) is 3.81. The maximum absolute atomic E-state index is 10.9. The largest absolute Gasteiger partial charge is 0.384 e. The molecule has 1 N–H and O–H groups in total. The van der Waals surface area contributed by atoms with Crippen molar-refractivity contribution < 1.29 is 4.92 Å². The van der Waals surface area contributed by atoms with Gasteiger partial charge in [0, 0.05) is 29.8 Å². The number of rotatable bonds is 5. The number of hydrogen-bond acceptors (Lipinski definition) is 3. The van der Waals surface area contributed by atoms with Crippen LogP contribution in [0.5, 0.6) is 0 Å². The first-order valence-corrected chi connectivity index (χ1v) is 6.94. The molecule has 4 nitrogen and oxygen atoms in total. The highest BCUT2D eigenvalue weighted by atomic mass is 16.6. The maximum atomic E-state index is 10.9. The molecule has 110 valence electrons. The lowest BCUT2D eigenvalue weighted by molar-refractivity contribution is -0.384. The Morgan fingerprint density at radius 2 is 1.81 bits per heavy atom. The van der Waals surface area contributed by atoms with E-state index in [1.807, 2.05) is 31.2 Å². The Hall–Kier alpha value is -2.36. The molecule has 21 heavy (non-hydrogen) atoms. The van der Waals surface area contributed by atoms with Crippen LogP contribution in [0.25, 0.3) is 0 Å².